The van der Waals surface area contributed by atoms with Crippen molar-refractivity contribution in [2.45, 2.75) is 47.2 Å². The van der Waals surface area contributed by atoms with Gasteiger partial charge in [-0.15, -0.1) is 0 Å². The largest absolute Gasteiger partial charge is 0.348 e. The van der Waals surface area contributed by atoms with Crippen LogP contribution in [0.5, 0.6) is 0 Å². The molecule has 0 unspecified atom stereocenters. The van der Waals surface area contributed by atoms with Gasteiger partial charge >= 0.3 is 0 Å². The molecule has 0 aliphatic carbocycles. The number of amides is 1. The molecule has 2 N–H and O–H groups in total. The first-order valence-electron chi connectivity index (χ1n) is 13.3. The van der Waals surface area contributed by atoms with E-state index in [9.17, 15) is 9.59 Å². The molecule has 0 bridgehead atoms. The number of aromatic amines is 1. The van der Waals surface area contributed by atoms with Gasteiger partial charge in [0.05, 0.1) is 22.8 Å². The molecule has 9 nitrogen and oxygen atoms in total. The Labute approximate surface area is 224 Å². The summed E-state index contributed by atoms with van der Waals surface area (Å²) >= 11 is 0. The Morgan fingerprint density at radius 2 is 1.97 bits per heavy atom. The van der Waals surface area contributed by atoms with Gasteiger partial charge in [0.25, 0.3) is 11.5 Å². The van der Waals surface area contributed by atoms with E-state index in [1.54, 1.807) is 12.4 Å². The molecule has 4 heterocycles. The number of aromatic nitrogens is 4. The van der Waals surface area contributed by atoms with E-state index < -0.39 is 0 Å². The lowest BCUT2D eigenvalue weighted by Gasteiger charge is -2.32. The van der Waals surface area contributed by atoms with Crippen molar-refractivity contribution in [2.24, 2.45) is 0 Å². The summed E-state index contributed by atoms with van der Waals surface area (Å²) in [5.74, 6) is -0.266. The minimum absolute atomic E-state index is 0.0836. The highest BCUT2D eigenvalue weighted by Crippen LogP contribution is 2.26. The van der Waals surface area contributed by atoms with Crippen molar-refractivity contribution in [3.8, 4) is 0 Å². The summed E-state index contributed by atoms with van der Waals surface area (Å²) in [5.41, 5.74) is 5.26. The van der Waals surface area contributed by atoms with Gasteiger partial charge in [-0.3, -0.25) is 14.5 Å². The van der Waals surface area contributed by atoms with Gasteiger partial charge in [-0.1, -0.05) is 17.7 Å². The molecule has 3 aromatic heterocycles. The predicted octanol–water partition coefficient (Wildman–Crippen LogP) is 3.54. The number of carbonyl (C=O) groups is 1. The lowest BCUT2D eigenvalue weighted by Crippen LogP contribution is -2.44. The lowest BCUT2D eigenvalue weighted by molar-refractivity contribution is 0.0952. The molecule has 0 aromatic carbocycles. The zero-order valence-corrected chi connectivity index (χ0v) is 23.3. The smallest absolute Gasteiger partial charge is 0.253 e. The highest BCUT2D eigenvalue weighted by atomic mass is 16.1. The van der Waals surface area contributed by atoms with Gasteiger partial charge in [-0.2, -0.15) is 5.10 Å². The Bertz CT molecular complexity index is 1420. The first-order valence-corrected chi connectivity index (χ1v) is 13.3. The van der Waals surface area contributed by atoms with Gasteiger partial charge in [0.15, 0.2) is 5.65 Å². The van der Waals surface area contributed by atoms with Crippen molar-refractivity contribution < 1.29 is 4.79 Å². The molecule has 38 heavy (non-hydrogen) atoms. The second-order valence-corrected chi connectivity index (χ2v) is 10.4. The molecule has 1 fully saturated rings. The third-order valence-corrected chi connectivity index (χ3v) is 7.10. The number of hydrogen-bond donors (Lipinski definition) is 2. The minimum Gasteiger partial charge on any atom is -0.348 e. The summed E-state index contributed by atoms with van der Waals surface area (Å²) < 4.78 is 1.84. The van der Waals surface area contributed by atoms with Crippen LogP contribution in [0.3, 0.4) is 0 Å². The number of carbonyl (C=O) groups excluding carboxylic acids is 1. The third-order valence-electron chi connectivity index (χ3n) is 7.10. The van der Waals surface area contributed by atoms with Gasteiger partial charge in [-0.25, -0.2) is 9.67 Å². The Morgan fingerprint density at radius 1 is 1.24 bits per heavy atom. The van der Waals surface area contributed by atoms with Gasteiger partial charge in [0, 0.05) is 57.1 Å². The van der Waals surface area contributed by atoms with Crippen LogP contribution in [0.15, 0.2) is 47.0 Å². The van der Waals surface area contributed by atoms with E-state index in [-0.39, 0.29) is 24.1 Å². The molecule has 1 aliphatic heterocycles. The van der Waals surface area contributed by atoms with Crippen LogP contribution < -0.4 is 10.9 Å². The van der Waals surface area contributed by atoms with Crippen LogP contribution in [0.4, 0.5) is 0 Å². The molecule has 0 spiro atoms. The fourth-order valence-electron chi connectivity index (χ4n) is 4.80. The number of allylic oxidation sites excluding steroid dienone is 3. The van der Waals surface area contributed by atoms with E-state index in [4.69, 9.17) is 4.98 Å². The van der Waals surface area contributed by atoms with Crippen LogP contribution in [0.2, 0.25) is 0 Å². The van der Waals surface area contributed by atoms with E-state index in [2.05, 4.69) is 45.2 Å². The molecule has 0 radical (unpaired) electrons. The van der Waals surface area contributed by atoms with Crippen molar-refractivity contribution in [1.82, 2.24) is 34.9 Å². The Balaban J connectivity index is 1.66. The van der Waals surface area contributed by atoms with Crippen molar-refractivity contribution in [3.63, 3.8) is 0 Å². The highest BCUT2D eigenvalue weighted by Gasteiger charge is 2.20. The summed E-state index contributed by atoms with van der Waals surface area (Å²) in [5, 5.41) is 8.16. The second kappa shape index (κ2) is 11.9. The van der Waals surface area contributed by atoms with Crippen molar-refractivity contribution >= 4 is 22.5 Å². The van der Waals surface area contributed by atoms with Gasteiger partial charge in [0.1, 0.15) is 0 Å². The molecule has 1 aliphatic rings. The molecule has 3 aromatic rings. The number of piperazine rings is 1. The molecular formula is C29H39N7O2. The average molecular weight is 518 g/mol. The molecule has 0 saturated carbocycles. The van der Waals surface area contributed by atoms with Crippen molar-refractivity contribution in [3.05, 3.63) is 75.0 Å². The van der Waals surface area contributed by atoms with Crippen LogP contribution in [-0.4, -0.2) is 75.2 Å². The standard InChI is InChI=1S/C29H39N7O2/c1-7-22(14-20(4)18-35-12-10-34(6)11-13-35)26-15-23(25-17-32-36(19(2)3)27(25)33-26)28(37)31-16-24-21(5)8-9-30-29(24)38/h7-9,14-15,17,19H,10-13,16,18H2,1-6H3,(H,30,38)(H,31,37)/b20-14+,22-7+. The number of hydrogen-bond acceptors (Lipinski definition) is 6. The van der Waals surface area contributed by atoms with Crippen LogP contribution in [0.1, 0.15) is 60.9 Å². The fourth-order valence-corrected chi connectivity index (χ4v) is 4.80. The van der Waals surface area contributed by atoms with E-state index in [1.807, 2.05) is 50.6 Å². The van der Waals surface area contributed by atoms with Crippen LogP contribution in [0, 0.1) is 6.92 Å². The number of likely N-dealkylation sites (N-methyl/N-ethyl adjacent to an activating group) is 1. The maximum Gasteiger partial charge on any atom is 0.253 e. The van der Waals surface area contributed by atoms with Crippen LogP contribution >= 0.6 is 0 Å². The number of fused-ring (bicyclic) bond motifs is 1. The SMILES string of the molecule is C/C=C(\C=C(/C)CN1CCN(C)CC1)c1cc(C(=O)NCc2c(C)cc[nH]c2=O)c2cnn(C(C)C)c2n1. The third kappa shape index (κ3) is 6.11. The maximum absolute atomic E-state index is 13.5. The first kappa shape index (κ1) is 27.5. The Morgan fingerprint density at radius 3 is 2.63 bits per heavy atom. The molecule has 202 valence electrons. The van der Waals surface area contributed by atoms with Crippen LogP contribution in [0.25, 0.3) is 16.6 Å². The maximum atomic E-state index is 13.5. The van der Waals surface area contributed by atoms with E-state index in [1.165, 1.54) is 5.57 Å². The number of nitrogens with zero attached hydrogens (tertiary/aromatic N) is 5. The minimum atomic E-state index is -0.266. The first-order chi connectivity index (χ1) is 18.2. The van der Waals surface area contributed by atoms with Gasteiger partial charge in [-0.05, 0) is 64.9 Å². The molecule has 1 amide bonds. The Hall–Kier alpha value is -3.56. The van der Waals surface area contributed by atoms with Crippen molar-refractivity contribution in [2.75, 3.05) is 39.8 Å². The second-order valence-electron chi connectivity index (χ2n) is 10.4. The number of pyridine rings is 2. The fraction of sp³-hybridized carbons (Fsp3) is 0.448. The zero-order valence-electron chi connectivity index (χ0n) is 23.3. The summed E-state index contributed by atoms with van der Waals surface area (Å²) in [6.45, 7) is 15.4. The Kier molecular flexibility index (Phi) is 8.58. The summed E-state index contributed by atoms with van der Waals surface area (Å²) in [7, 11) is 2.16. The van der Waals surface area contributed by atoms with Crippen molar-refractivity contribution in [1.29, 1.82) is 0 Å². The van der Waals surface area contributed by atoms with Gasteiger partial charge in [0.2, 0.25) is 0 Å². The monoisotopic (exact) mass is 517 g/mol. The van der Waals surface area contributed by atoms with E-state index in [0.717, 1.165) is 49.6 Å². The normalized spacial score (nSPS) is 16.0. The number of nitrogens with one attached hydrogen (secondary N) is 2. The van der Waals surface area contributed by atoms with E-state index in [0.29, 0.717) is 22.2 Å². The topological polar surface area (TPSA) is 99.1 Å². The predicted molar refractivity (Wildman–Crippen MR) is 152 cm³/mol. The molecule has 0 atom stereocenters. The summed E-state index contributed by atoms with van der Waals surface area (Å²) in [6.07, 6.45) is 7.51. The molecule has 4 rings (SSSR count). The van der Waals surface area contributed by atoms with Crippen LogP contribution in [-0.2, 0) is 6.54 Å². The molecular weight excluding hydrogens is 478 g/mol. The number of rotatable bonds is 8. The number of H-pyrrole nitrogens is 1. The molecule has 1 saturated heterocycles. The molecule has 9 heteroatoms. The van der Waals surface area contributed by atoms with Gasteiger partial charge < -0.3 is 15.2 Å². The summed E-state index contributed by atoms with van der Waals surface area (Å²) in [6, 6.07) is 3.74. The lowest BCUT2D eigenvalue weighted by atomic mass is 10.0. The highest BCUT2D eigenvalue weighted by molar-refractivity contribution is 6.06. The number of aryl methyl sites for hydroxylation is 1. The van der Waals surface area contributed by atoms with E-state index >= 15 is 0 Å². The average Bonchev–Trinajstić information content (AvgIpc) is 3.32. The zero-order chi connectivity index (χ0) is 27.4. The summed E-state index contributed by atoms with van der Waals surface area (Å²) in [4.78, 5) is 38.2. The quantitative estimate of drug-likeness (QED) is 0.444.